The third kappa shape index (κ3) is 9.37. The van der Waals surface area contributed by atoms with Gasteiger partial charge in [0.15, 0.2) is 0 Å². The quantitative estimate of drug-likeness (QED) is 0.154. The zero-order valence-corrected chi connectivity index (χ0v) is 42.4. The van der Waals surface area contributed by atoms with Gasteiger partial charge in [0.2, 0.25) is 0 Å². The predicted molar refractivity (Wildman–Crippen MR) is 276 cm³/mol. The summed E-state index contributed by atoms with van der Waals surface area (Å²) in [6.45, 7) is 22.5. The van der Waals surface area contributed by atoms with Gasteiger partial charge in [0.1, 0.15) is 11.6 Å². The van der Waals surface area contributed by atoms with Gasteiger partial charge in [0.05, 0.1) is 33.3 Å². The molecule has 0 fully saturated rings. The van der Waals surface area contributed by atoms with Gasteiger partial charge in [0.25, 0.3) is 0 Å². The molecule has 0 bridgehead atoms. The van der Waals surface area contributed by atoms with Gasteiger partial charge in [-0.2, -0.15) is 0 Å². The van der Waals surface area contributed by atoms with Gasteiger partial charge in [-0.05, 0) is 110 Å². The molecule has 2 aromatic heterocycles. The maximum atomic E-state index is 12.6. The fourth-order valence-electron chi connectivity index (χ4n) is 8.35. The van der Waals surface area contributed by atoms with E-state index in [1.165, 1.54) is 0 Å². The molecule has 6 aromatic carbocycles. The molecule has 4 nitrogen and oxygen atoms in total. The van der Waals surface area contributed by atoms with E-state index in [9.17, 15) is 13.3 Å². The third-order valence-electron chi connectivity index (χ3n) is 12.0. The van der Waals surface area contributed by atoms with Crippen molar-refractivity contribution in [2.24, 2.45) is 0 Å². The van der Waals surface area contributed by atoms with Crippen LogP contribution in [0.1, 0.15) is 153 Å². The van der Waals surface area contributed by atoms with Crippen molar-refractivity contribution in [2.45, 2.75) is 125 Å². The Labute approximate surface area is 427 Å². The molecule has 0 saturated carbocycles. The Kier molecular flexibility index (Phi) is 9.36. The smallest absolute Gasteiger partial charge is 0.148 e. The minimum Gasteiger partial charge on any atom is -0.507 e. The molecule has 0 amide bonds. The van der Waals surface area contributed by atoms with Crippen molar-refractivity contribution < 1.29 is 44.0 Å². The first-order valence-corrected chi connectivity index (χ1v) is 22.1. The van der Waals surface area contributed by atoms with Crippen molar-refractivity contribution in [3.05, 3.63) is 167 Å². The van der Waals surface area contributed by atoms with E-state index < -0.39 is 88.9 Å². The van der Waals surface area contributed by atoms with Crippen LogP contribution in [-0.2, 0) is 37.3 Å². The van der Waals surface area contributed by atoms with Crippen molar-refractivity contribution in [1.82, 2.24) is 14.5 Å². The van der Waals surface area contributed by atoms with Gasteiger partial charge in [-0.1, -0.05) is 180 Å². The van der Waals surface area contributed by atoms with E-state index in [0.717, 1.165) is 11.1 Å². The van der Waals surface area contributed by atoms with Crippen LogP contribution in [-0.4, -0.2) is 19.6 Å². The van der Waals surface area contributed by atoms with Gasteiger partial charge < -0.3 is 5.11 Å². The largest absolute Gasteiger partial charge is 0.507 e. The Bertz CT molecular complexity index is 3690. The molecule has 0 aliphatic rings. The van der Waals surface area contributed by atoms with Gasteiger partial charge in [-0.3, -0.25) is 9.55 Å². The number of phenolic OH excluding ortho intramolecular Hbond substituents is 1. The summed E-state index contributed by atoms with van der Waals surface area (Å²) in [7, 11) is 0. The van der Waals surface area contributed by atoms with Crippen LogP contribution in [0.5, 0.6) is 5.75 Å². The average Bonchev–Trinajstić information content (AvgIpc) is 3.96. The second-order valence-corrected chi connectivity index (χ2v) is 20.5. The zero-order valence-electron chi connectivity index (χ0n) is 53.1. The van der Waals surface area contributed by atoms with Crippen LogP contribution in [0.15, 0.2) is 127 Å². The molecule has 0 aliphatic heterocycles. The molecule has 5 heteroatoms. The molecular formula is C61H66N3OPt-. The summed E-state index contributed by atoms with van der Waals surface area (Å²) in [6, 6.07) is 22.9. The number of aryl methyl sites for hydroxylation is 1. The van der Waals surface area contributed by atoms with Crippen molar-refractivity contribution in [2.75, 3.05) is 0 Å². The van der Waals surface area contributed by atoms with Crippen molar-refractivity contribution in [3.8, 4) is 67.5 Å². The molecule has 0 atom stereocenters. The minimum absolute atomic E-state index is 0. The van der Waals surface area contributed by atoms with E-state index in [1.54, 1.807) is 50.5 Å². The molecule has 1 N–H and O–H groups in total. The van der Waals surface area contributed by atoms with Crippen LogP contribution >= 0.6 is 0 Å². The minimum atomic E-state index is -2.74. The van der Waals surface area contributed by atoms with Crippen LogP contribution in [0.4, 0.5) is 0 Å². The van der Waals surface area contributed by atoms with Gasteiger partial charge in [-0.15, -0.1) is 29.3 Å². The molecular weight excluding hydrogens is 986 g/mol. The number of hydrogen-bond acceptors (Lipinski definition) is 3. The number of rotatable bonds is 8. The summed E-state index contributed by atoms with van der Waals surface area (Å²) in [4.78, 5) is 9.84. The molecule has 0 spiro atoms. The van der Waals surface area contributed by atoms with Crippen molar-refractivity contribution >= 4 is 11.0 Å². The number of benzene rings is 6. The number of imidazole rings is 1. The van der Waals surface area contributed by atoms with E-state index in [-0.39, 0.29) is 60.7 Å². The fourth-order valence-corrected chi connectivity index (χ4v) is 8.35. The van der Waals surface area contributed by atoms with E-state index in [4.69, 9.17) is 14.6 Å². The maximum Gasteiger partial charge on any atom is 0.148 e. The topological polar surface area (TPSA) is 50.9 Å². The Morgan fingerprint density at radius 1 is 0.682 bits per heavy atom. The van der Waals surface area contributed by atoms with Crippen molar-refractivity contribution in [3.63, 3.8) is 0 Å². The van der Waals surface area contributed by atoms with Crippen LogP contribution in [0.25, 0.3) is 72.7 Å². The summed E-state index contributed by atoms with van der Waals surface area (Å²) in [6.07, 6.45) is -0.584. The van der Waals surface area contributed by atoms with E-state index in [1.807, 2.05) is 102 Å². The number of fused-ring (bicyclic) bond motifs is 1. The van der Waals surface area contributed by atoms with Crippen LogP contribution in [0.2, 0.25) is 0 Å². The fraction of sp³-hybridized carbons (Fsp3) is 0.311. The zero-order chi connectivity index (χ0) is 58.1. The normalized spacial score (nSPS) is 15.6. The number of phenols is 1. The maximum absolute atomic E-state index is 12.6. The average molecular weight is 1070 g/mol. The molecule has 8 rings (SSSR count). The summed E-state index contributed by atoms with van der Waals surface area (Å²) in [5, 5.41) is 12.6. The van der Waals surface area contributed by atoms with Crippen LogP contribution < -0.4 is 0 Å². The molecule has 0 saturated heterocycles. The Balaban J connectivity index is 0.00000903. The van der Waals surface area contributed by atoms with Gasteiger partial charge in [0, 0.05) is 45.3 Å². The first kappa shape index (κ1) is 33.8. The number of para-hydroxylation sites is 1. The SMILES string of the molecule is [2H]c1nc(-c2[c-]c(-c3cccc4c3nc(-c3cc(C(C)(C)C)cc(C(C)(C)C)c3O)n4-c3ccc(-c4c(C([2H])(C)C)cccc4C([2H])(C)C)cc3C([2H])([2H])[2H])cc(C(C)(C)C)c2)c([2H])c(-c2c([2H])c([2H])c([2H])c([2H])c2[2H])c1[2H].[Pt]. The summed E-state index contributed by atoms with van der Waals surface area (Å²) in [5.41, 5.74) is 4.88. The molecule has 0 radical (unpaired) electrons. The van der Waals surface area contributed by atoms with E-state index in [0.29, 0.717) is 55.5 Å². The van der Waals surface area contributed by atoms with E-state index in [2.05, 4.69) is 31.8 Å². The van der Waals surface area contributed by atoms with Gasteiger partial charge in [-0.25, -0.2) is 4.98 Å². The van der Waals surface area contributed by atoms with E-state index >= 15 is 0 Å². The first-order chi connectivity index (χ1) is 35.7. The molecule has 342 valence electrons. The Hall–Kier alpha value is -5.57. The summed E-state index contributed by atoms with van der Waals surface area (Å²) in [5.74, 6) is -2.05. The van der Waals surface area contributed by atoms with Crippen LogP contribution in [0.3, 0.4) is 0 Å². The number of hydrogen-bond donors (Lipinski definition) is 1. The second kappa shape index (κ2) is 18.3. The number of aromatic nitrogens is 3. The molecule has 8 aromatic rings. The monoisotopic (exact) mass is 1060 g/mol. The Morgan fingerprint density at radius 3 is 1.94 bits per heavy atom. The molecule has 0 unspecified atom stereocenters. The summed E-state index contributed by atoms with van der Waals surface area (Å²) < 4.78 is 117. The summed E-state index contributed by atoms with van der Waals surface area (Å²) >= 11 is 0. The molecule has 0 aliphatic carbocycles. The Morgan fingerprint density at radius 2 is 1.32 bits per heavy atom. The van der Waals surface area contributed by atoms with Crippen LogP contribution in [0, 0.1) is 12.9 Å². The standard InChI is InChI=1S/C61H66N3O.Pt/c1-37(2)47-22-18-23-48(38(3)4)55(47)42-26-27-53(39(5)30-42)64-54-25-19-24-49(56(54)63-58(64)50-35-46(60(9,10)11)36-51(57(50)65)61(12,13)14)43-31-44(33-45(32-43)59(6,7)8)52-34-41(28-29-62-52)40-20-16-15-17-21-40;/h15-30,32-38,65H,1-14H3;/q-1;/i5D3,15D,16D,17D,20D,21D,28D,29D,34D,37D,38D;. The van der Waals surface area contributed by atoms with Gasteiger partial charge >= 0.3 is 0 Å². The molecule has 2 heterocycles. The molecule has 66 heavy (non-hydrogen) atoms. The predicted octanol–water partition coefficient (Wildman–Crippen LogP) is 16.7. The number of aromatic hydroxyl groups is 1. The number of pyridine rings is 1. The third-order valence-corrected chi connectivity index (χ3v) is 12.0. The second-order valence-electron chi connectivity index (χ2n) is 20.5. The first-order valence-electron chi connectivity index (χ1n) is 28.6. The number of nitrogens with zero attached hydrogens (tertiary/aromatic N) is 3. The van der Waals surface area contributed by atoms with Crippen molar-refractivity contribution in [1.29, 1.82) is 0 Å².